The van der Waals surface area contributed by atoms with Gasteiger partial charge in [-0.25, -0.2) is 9.98 Å². The molecule has 0 bridgehead atoms. The second-order valence-corrected chi connectivity index (χ2v) is 8.99. The van der Waals surface area contributed by atoms with E-state index < -0.39 is 0 Å². The monoisotopic (exact) mass is 443 g/mol. The summed E-state index contributed by atoms with van der Waals surface area (Å²) in [7, 11) is 3.36. The number of hydrogen-bond donors (Lipinski definition) is 2. The standard InChI is InChI=1S/C24H37N5O3/c1-7-25-23(28-15-22-27-14-21(32-22)24(2,3)4)26-9-11-29-10-8-17-12-19(30-5)20(31-6)13-18(17)16-29/h12-14H,7-11,15-16H2,1-6H3,(H2,25,26,28). The molecule has 1 aliphatic rings. The number of ether oxygens (including phenoxy) is 2. The average Bonchev–Trinajstić information content (AvgIpc) is 3.26. The molecule has 2 heterocycles. The van der Waals surface area contributed by atoms with Crippen LogP contribution in [0, 0.1) is 0 Å². The van der Waals surface area contributed by atoms with Crippen molar-refractivity contribution in [2.45, 2.75) is 52.6 Å². The maximum absolute atomic E-state index is 5.84. The van der Waals surface area contributed by atoms with Gasteiger partial charge in [0.15, 0.2) is 17.5 Å². The van der Waals surface area contributed by atoms with Crippen molar-refractivity contribution < 1.29 is 13.9 Å². The van der Waals surface area contributed by atoms with Crippen LogP contribution in [0.3, 0.4) is 0 Å². The lowest BCUT2D eigenvalue weighted by Gasteiger charge is -2.29. The first-order valence-electron chi connectivity index (χ1n) is 11.3. The lowest BCUT2D eigenvalue weighted by Crippen LogP contribution is -2.42. The number of guanidine groups is 1. The first-order chi connectivity index (χ1) is 15.3. The number of oxazole rings is 1. The molecule has 0 saturated carbocycles. The zero-order chi connectivity index (χ0) is 23.1. The van der Waals surface area contributed by atoms with Crippen molar-refractivity contribution in [2.75, 3.05) is 40.4 Å². The molecule has 32 heavy (non-hydrogen) atoms. The average molecular weight is 444 g/mol. The van der Waals surface area contributed by atoms with Crippen molar-refractivity contribution in [3.8, 4) is 11.5 Å². The van der Waals surface area contributed by atoms with E-state index in [1.54, 1.807) is 20.4 Å². The predicted octanol–water partition coefficient (Wildman–Crippen LogP) is 3.10. The fourth-order valence-electron chi connectivity index (χ4n) is 3.68. The number of rotatable bonds is 8. The highest BCUT2D eigenvalue weighted by molar-refractivity contribution is 5.79. The second-order valence-electron chi connectivity index (χ2n) is 8.99. The predicted molar refractivity (Wildman–Crippen MR) is 127 cm³/mol. The van der Waals surface area contributed by atoms with Gasteiger partial charge in [-0.15, -0.1) is 0 Å². The van der Waals surface area contributed by atoms with Gasteiger partial charge in [0, 0.05) is 38.1 Å². The third-order valence-corrected chi connectivity index (χ3v) is 5.53. The Kier molecular flexibility index (Phi) is 8.01. The summed E-state index contributed by atoms with van der Waals surface area (Å²) in [4.78, 5) is 11.4. The molecule has 3 rings (SSSR count). The minimum absolute atomic E-state index is 0.0556. The smallest absolute Gasteiger partial charge is 0.216 e. The Morgan fingerprint density at radius 3 is 2.50 bits per heavy atom. The van der Waals surface area contributed by atoms with Crippen LogP contribution in [0.5, 0.6) is 11.5 Å². The number of nitrogens with zero attached hydrogens (tertiary/aromatic N) is 3. The normalized spacial score (nSPS) is 14.8. The van der Waals surface area contributed by atoms with Gasteiger partial charge in [0.1, 0.15) is 12.3 Å². The molecule has 0 saturated heterocycles. The van der Waals surface area contributed by atoms with Crippen molar-refractivity contribution in [3.63, 3.8) is 0 Å². The molecule has 0 fully saturated rings. The molecular formula is C24H37N5O3. The summed E-state index contributed by atoms with van der Waals surface area (Å²) < 4.78 is 16.7. The van der Waals surface area contributed by atoms with Crippen LogP contribution in [0.2, 0.25) is 0 Å². The van der Waals surface area contributed by atoms with Gasteiger partial charge in [0.05, 0.1) is 20.4 Å². The lowest BCUT2D eigenvalue weighted by atomic mass is 9.94. The largest absolute Gasteiger partial charge is 0.493 e. The van der Waals surface area contributed by atoms with E-state index in [2.05, 4.69) is 65.3 Å². The number of fused-ring (bicyclic) bond motifs is 1. The van der Waals surface area contributed by atoms with E-state index in [0.717, 1.165) is 62.4 Å². The second kappa shape index (κ2) is 10.7. The minimum atomic E-state index is -0.0556. The molecule has 2 N–H and O–H groups in total. The van der Waals surface area contributed by atoms with Crippen LogP contribution in [-0.2, 0) is 24.9 Å². The molecule has 0 radical (unpaired) electrons. The fraction of sp³-hybridized carbons (Fsp3) is 0.583. The maximum atomic E-state index is 5.84. The van der Waals surface area contributed by atoms with Gasteiger partial charge in [-0.2, -0.15) is 0 Å². The van der Waals surface area contributed by atoms with Gasteiger partial charge in [-0.3, -0.25) is 4.90 Å². The summed E-state index contributed by atoms with van der Waals surface area (Å²) in [5.74, 6) is 3.86. The number of hydrogen-bond acceptors (Lipinski definition) is 6. The maximum Gasteiger partial charge on any atom is 0.216 e. The lowest BCUT2D eigenvalue weighted by molar-refractivity contribution is 0.256. The Morgan fingerprint density at radius 2 is 1.88 bits per heavy atom. The Bertz CT molecular complexity index is 917. The third-order valence-electron chi connectivity index (χ3n) is 5.53. The number of nitrogens with one attached hydrogen (secondary N) is 2. The third kappa shape index (κ3) is 6.16. The van der Waals surface area contributed by atoms with Crippen LogP contribution in [0.15, 0.2) is 27.7 Å². The summed E-state index contributed by atoms with van der Waals surface area (Å²) in [5.41, 5.74) is 2.58. The topological polar surface area (TPSA) is 84.2 Å². The highest BCUT2D eigenvalue weighted by atomic mass is 16.5. The summed E-state index contributed by atoms with van der Waals surface area (Å²) >= 11 is 0. The molecule has 0 amide bonds. The fourth-order valence-corrected chi connectivity index (χ4v) is 3.68. The highest BCUT2D eigenvalue weighted by Crippen LogP contribution is 2.33. The van der Waals surface area contributed by atoms with Gasteiger partial charge in [0.25, 0.3) is 0 Å². The first-order valence-corrected chi connectivity index (χ1v) is 11.3. The van der Waals surface area contributed by atoms with Crippen molar-refractivity contribution in [1.82, 2.24) is 20.5 Å². The Hall–Kier alpha value is -2.74. The summed E-state index contributed by atoms with van der Waals surface area (Å²) in [6, 6.07) is 4.20. The van der Waals surface area contributed by atoms with E-state index in [9.17, 15) is 0 Å². The molecule has 0 spiro atoms. The van der Waals surface area contributed by atoms with Gasteiger partial charge in [-0.05, 0) is 36.6 Å². The highest BCUT2D eigenvalue weighted by Gasteiger charge is 2.20. The summed E-state index contributed by atoms with van der Waals surface area (Å²) in [6.45, 7) is 13.2. The molecule has 1 aromatic carbocycles. The van der Waals surface area contributed by atoms with E-state index in [0.29, 0.717) is 12.4 Å². The van der Waals surface area contributed by atoms with Crippen LogP contribution in [0.1, 0.15) is 50.5 Å². The Labute approximate surface area is 191 Å². The van der Waals surface area contributed by atoms with Crippen molar-refractivity contribution >= 4 is 5.96 Å². The van der Waals surface area contributed by atoms with E-state index in [1.165, 1.54) is 11.1 Å². The molecule has 2 aromatic rings. The number of aliphatic imine (C=N–C) groups is 1. The summed E-state index contributed by atoms with van der Waals surface area (Å²) in [6.07, 6.45) is 2.80. The minimum Gasteiger partial charge on any atom is -0.493 e. The Balaban J connectivity index is 1.53. The van der Waals surface area contributed by atoms with E-state index >= 15 is 0 Å². The van der Waals surface area contributed by atoms with E-state index in [-0.39, 0.29) is 5.41 Å². The zero-order valence-corrected chi connectivity index (χ0v) is 20.2. The van der Waals surface area contributed by atoms with E-state index in [4.69, 9.17) is 13.9 Å². The van der Waals surface area contributed by atoms with Crippen molar-refractivity contribution in [2.24, 2.45) is 4.99 Å². The zero-order valence-electron chi connectivity index (χ0n) is 20.2. The Morgan fingerprint density at radius 1 is 1.16 bits per heavy atom. The van der Waals surface area contributed by atoms with Crippen molar-refractivity contribution in [3.05, 3.63) is 41.1 Å². The van der Waals surface area contributed by atoms with E-state index in [1.807, 2.05) is 0 Å². The molecule has 8 nitrogen and oxygen atoms in total. The van der Waals surface area contributed by atoms with Gasteiger partial charge in [0.2, 0.25) is 5.89 Å². The first kappa shape index (κ1) is 23.9. The molecular weight excluding hydrogens is 406 g/mol. The van der Waals surface area contributed by atoms with Crippen LogP contribution in [-0.4, -0.2) is 56.2 Å². The molecule has 0 atom stereocenters. The quantitative estimate of drug-likeness (QED) is 0.479. The van der Waals surface area contributed by atoms with Crippen LogP contribution >= 0.6 is 0 Å². The van der Waals surface area contributed by atoms with Crippen LogP contribution in [0.4, 0.5) is 0 Å². The molecule has 0 aliphatic carbocycles. The number of methoxy groups -OCH3 is 2. The van der Waals surface area contributed by atoms with Gasteiger partial charge in [-0.1, -0.05) is 20.8 Å². The van der Waals surface area contributed by atoms with Crippen LogP contribution < -0.4 is 20.1 Å². The number of benzene rings is 1. The molecule has 0 unspecified atom stereocenters. The van der Waals surface area contributed by atoms with Crippen molar-refractivity contribution in [1.29, 1.82) is 0 Å². The van der Waals surface area contributed by atoms with Gasteiger partial charge < -0.3 is 24.5 Å². The molecule has 176 valence electrons. The number of aromatic nitrogens is 1. The molecule has 1 aliphatic heterocycles. The molecule has 8 heteroatoms. The van der Waals surface area contributed by atoms with Crippen LogP contribution in [0.25, 0.3) is 0 Å². The molecule has 1 aromatic heterocycles. The van der Waals surface area contributed by atoms with Gasteiger partial charge >= 0.3 is 0 Å². The SMILES string of the molecule is CCNC(=NCc1ncc(C(C)(C)C)o1)NCCN1CCc2cc(OC)c(OC)cc2C1. The summed E-state index contributed by atoms with van der Waals surface area (Å²) in [5, 5.41) is 6.71.